The zero-order valence-corrected chi connectivity index (χ0v) is 14.1. The molecule has 3 heterocycles. The Hall–Kier alpha value is -1.73. The minimum absolute atomic E-state index is 0.0203. The number of hydrogen-bond donors (Lipinski definition) is 1. The van der Waals surface area contributed by atoms with Crippen molar-refractivity contribution in [2.75, 3.05) is 19.7 Å². The fourth-order valence-corrected chi connectivity index (χ4v) is 3.70. The first-order valence-corrected chi connectivity index (χ1v) is 8.86. The lowest BCUT2D eigenvalue weighted by molar-refractivity contribution is 0.0334. The minimum Gasteiger partial charge on any atom is -0.396 e. The third-order valence-electron chi connectivity index (χ3n) is 4.85. The quantitative estimate of drug-likeness (QED) is 0.908. The summed E-state index contributed by atoms with van der Waals surface area (Å²) in [7, 11) is 0. The summed E-state index contributed by atoms with van der Waals surface area (Å²) in [4.78, 5) is 15.6. The molecule has 0 atom stereocenters. The van der Waals surface area contributed by atoms with Crippen LogP contribution in [-0.2, 0) is 6.54 Å². The molecule has 1 saturated heterocycles. The molecule has 7 heteroatoms. The summed E-state index contributed by atoms with van der Waals surface area (Å²) in [5.41, 5.74) is 0.377. The van der Waals surface area contributed by atoms with Crippen LogP contribution in [0.3, 0.4) is 0 Å². The zero-order chi connectivity index (χ0) is 16.3. The van der Waals surface area contributed by atoms with Gasteiger partial charge in [-0.1, -0.05) is 18.2 Å². The molecule has 23 heavy (non-hydrogen) atoms. The van der Waals surface area contributed by atoms with Crippen LogP contribution in [0, 0.1) is 5.41 Å². The number of nitrogens with zero attached hydrogens (tertiary/aromatic N) is 4. The lowest BCUT2D eigenvalue weighted by Crippen LogP contribution is -2.44. The molecule has 1 aliphatic rings. The van der Waals surface area contributed by atoms with Gasteiger partial charge < -0.3 is 10.0 Å². The predicted octanol–water partition coefficient (Wildman–Crippen LogP) is 2.01. The van der Waals surface area contributed by atoms with Gasteiger partial charge in [0, 0.05) is 24.6 Å². The van der Waals surface area contributed by atoms with Crippen molar-refractivity contribution in [1.29, 1.82) is 0 Å². The van der Waals surface area contributed by atoms with Crippen molar-refractivity contribution >= 4 is 17.2 Å². The van der Waals surface area contributed by atoms with Gasteiger partial charge in [-0.15, -0.1) is 16.4 Å². The maximum absolute atomic E-state index is 12.6. The Morgan fingerprint density at radius 3 is 2.83 bits per heavy atom. The number of likely N-dealkylation sites (tertiary alicyclic amines) is 1. The number of aromatic nitrogens is 3. The van der Waals surface area contributed by atoms with Gasteiger partial charge in [0.1, 0.15) is 0 Å². The molecule has 0 spiro atoms. The lowest BCUT2D eigenvalue weighted by atomic mass is 9.77. The van der Waals surface area contributed by atoms with Gasteiger partial charge in [0.05, 0.1) is 12.7 Å². The normalized spacial score (nSPS) is 17.4. The van der Waals surface area contributed by atoms with Gasteiger partial charge in [0.15, 0.2) is 5.69 Å². The molecule has 0 bridgehead atoms. The molecule has 124 valence electrons. The van der Waals surface area contributed by atoms with Crippen LogP contribution < -0.4 is 0 Å². The Morgan fingerprint density at radius 2 is 2.22 bits per heavy atom. The summed E-state index contributed by atoms with van der Waals surface area (Å²) in [6, 6.07) is 4.04. The Morgan fingerprint density at radius 1 is 1.43 bits per heavy atom. The molecule has 6 nitrogen and oxygen atoms in total. The highest BCUT2D eigenvalue weighted by atomic mass is 32.1. The van der Waals surface area contributed by atoms with Gasteiger partial charge in [-0.3, -0.25) is 4.79 Å². The fraction of sp³-hybridized carbons (Fsp3) is 0.562. The van der Waals surface area contributed by atoms with Crippen molar-refractivity contribution in [1.82, 2.24) is 19.9 Å². The van der Waals surface area contributed by atoms with Gasteiger partial charge in [-0.25, -0.2) is 4.68 Å². The highest BCUT2D eigenvalue weighted by Gasteiger charge is 2.34. The topological polar surface area (TPSA) is 71.2 Å². The molecule has 0 saturated carbocycles. The molecule has 3 rings (SSSR count). The molecular formula is C16H22N4O2S. The standard InChI is InChI=1S/C16H22N4O2S/c1-2-16(12-21)5-7-19(8-6-16)15(22)14-11-20(18-17-14)10-13-4-3-9-23-13/h3-4,9,11,21H,2,5-8,10,12H2,1H3. The molecule has 2 aromatic heterocycles. The lowest BCUT2D eigenvalue weighted by Gasteiger charge is -2.39. The molecule has 0 aliphatic carbocycles. The van der Waals surface area contributed by atoms with E-state index < -0.39 is 0 Å². The van der Waals surface area contributed by atoms with Gasteiger partial charge in [-0.05, 0) is 36.1 Å². The fourth-order valence-electron chi connectivity index (χ4n) is 3.01. The van der Waals surface area contributed by atoms with Crippen molar-refractivity contribution in [3.63, 3.8) is 0 Å². The number of aliphatic hydroxyl groups excluding tert-OH is 1. The highest BCUT2D eigenvalue weighted by Crippen LogP contribution is 2.34. The maximum Gasteiger partial charge on any atom is 0.276 e. The third kappa shape index (κ3) is 3.45. The van der Waals surface area contributed by atoms with E-state index in [0.29, 0.717) is 25.3 Å². The van der Waals surface area contributed by atoms with Gasteiger partial charge in [-0.2, -0.15) is 0 Å². The third-order valence-corrected chi connectivity index (χ3v) is 5.71. The average molecular weight is 334 g/mol. The summed E-state index contributed by atoms with van der Waals surface area (Å²) < 4.78 is 1.70. The van der Waals surface area contributed by atoms with E-state index >= 15 is 0 Å². The number of carbonyl (C=O) groups excluding carboxylic acids is 1. The number of rotatable bonds is 5. The van der Waals surface area contributed by atoms with Crippen LogP contribution >= 0.6 is 11.3 Å². The minimum atomic E-state index is -0.0647. The number of amides is 1. The van der Waals surface area contributed by atoms with E-state index in [1.165, 1.54) is 4.88 Å². The first kappa shape index (κ1) is 16.1. The van der Waals surface area contributed by atoms with Crippen LogP contribution in [0.15, 0.2) is 23.7 Å². The largest absolute Gasteiger partial charge is 0.396 e. The number of aliphatic hydroxyl groups is 1. The number of thiophene rings is 1. The van der Waals surface area contributed by atoms with Crippen LogP contribution in [0.4, 0.5) is 0 Å². The molecule has 1 N–H and O–H groups in total. The zero-order valence-electron chi connectivity index (χ0n) is 13.3. The van der Waals surface area contributed by atoms with Crippen molar-refractivity contribution in [3.8, 4) is 0 Å². The Balaban J connectivity index is 1.62. The molecule has 2 aromatic rings. The Bertz CT molecular complexity index is 639. The molecule has 0 aromatic carbocycles. The summed E-state index contributed by atoms with van der Waals surface area (Å²) in [5.74, 6) is -0.0647. The van der Waals surface area contributed by atoms with E-state index in [4.69, 9.17) is 0 Å². The van der Waals surface area contributed by atoms with Crippen LogP contribution in [0.5, 0.6) is 0 Å². The van der Waals surface area contributed by atoms with E-state index in [-0.39, 0.29) is 17.9 Å². The van der Waals surface area contributed by atoms with Crippen LogP contribution in [-0.4, -0.2) is 50.6 Å². The Kier molecular flexibility index (Phi) is 4.77. The van der Waals surface area contributed by atoms with E-state index in [2.05, 4.69) is 17.2 Å². The Labute approximate surface area is 139 Å². The molecular weight excluding hydrogens is 312 g/mol. The van der Waals surface area contributed by atoms with Gasteiger partial charge in [0.25, 0.3) is 5.91 Å². The van der Waals surface area contributed by atoms with Crippen molar-refractivity contribution < 1.29 is 9.90 Å². The molecule has 1 amide bonds. The van der Waals surface area contributed by atoms with Gasteiger partial charge >= 0.3 is 0 Å². The van der Waals surface area contributed by atoms with Crippen molar-refractivity contribution in [2.24, 2.45) is 5.41 Å². The van der Waals surface area contributed by atoms with E-state index in [1.807, 2.05) is 22.4 Å². The second-order valence-electron chi connectivity index (χ2n) is 6.18. The van der Waals surface area contributed by atoms with E-state index in [0.717, 1.165) is 19.3 Å². The highest BCUT2D eigenvalue weighted by molar-refractivity contribution is 7.09. The van der Waals surface area contributed by atoms with Gasteiger partial charge in [0.2, 0.25) is 0 Å². The SMILES string of the molecule is CCC1(CO)CCN(C(=O)c2cn(Cc3cccs3)nn2)CC1. The summed E-state index contributed by atoms with van der Waals surface area (Å²) >= 11 is 1.66. The number of carbonyl (C=O) groups is 1. The monoisotopic (exact) mass is 334 g/mol. The average Bonchev–Trinajstić information content (AvgIpc) is 3.27. The summed E-state index contributed by atoms with van der Waals surface area (Å²) in [6.07, 6.45) is 4.35. The molecule has 1 fully saturated rings. The smallest absolute Gasteiger partial charge is 0.276 e. The number of piperidine rings is 1. The number of hydrogen-bond acceptors (Lipinski definition) is 5. The first-order chi connectivity index (χ1) is 11.2. The molecule has 0 radical (unpaired) electrons. The van der Waals surface area contributed by atoms with E-state index in [9.17, 15) is 9.90 Å². The maximum atomic E-state index is 12.6. The summed E-state index contributed by atoms with van der Waals surface area (Å²) in [5, 5.41) is 19.7. The first-order valence-electron chi connectivity index (χ1n) is 7.98. The summed E-state index contributed by atoms with van der Waals surface area (Å²) in [6.45, 7) is 4.28. The second-order valence-corrected chi connectivity index (χ2v) is 7.22. The molecule has 1 aliphatic heterocycles. The van der Waals surface area contributed by atoms with Crippen molar-refractivity contribution in [3.05, 3.63) is 34.3 Å². The van der Waals surface area contributed by atoms with Crippen LogP contribution in [0.25, 0.3) is 0 Å². The molecule has 0 unspecified atom stereocenters. The van der Waals surface area contributed by atoms with E-state index in [1.54, 1.807) is 22.2 Å². The van der Waals surface area contributed by atoms with Crippen LogP contribution in [0.2, 0.25) is 0 Å². The van der Waals surface area contributed by atoms with Crippen molar-refractivity contribution in [2.45, 2.75) is 32.7 Å². The second kappa shape index (κ2) is 6.80. The van der Waals surface area contributed by atoms with Crippen LogP contribution in [0.1, 0.15) is 41.6 Å². The predicted molar refractivity (Wildman–Crippen MR) is 88.4 cm³/mol.